The topological polar surface area (TPSA) is 107 Å². The van der Waals surface area contributed by atoms with E-state index in [0.29, 0.717) is 13.2 Å². The highest BCUT2D eigenvalue weighted by molar-refractivity contribution is 6.27. The number of benzene rings is 2. The molecule has 0 spiro atoms. The highest BCUT2D eigenvalue weighted by atomic mass is 16.5. The van der Waals surface area contributed by atoms with Crippen molar-refractivity contribution in [3.05, 3.63) is 77.0 Å². The molecular formula is C19H23NO6. The summed E-state index contributed by atoms with van der Waals surface area (Å²) < 4.78 is 5.64. The van der Waals surface area contributed by atoms with Crippen LogP contribution in [0.15, 0.2) is 60.7 Å². The van der Waals surface area contributed by atoms with Crippen molar-refractivity contribution in [2.45, 2.75) is 6.10 Å². The van der Waals surface area contributed by atoms with Gasteiger partial charge in [-0.1, -0.05) is 60.7 Å². The zero-order valence-corrected chi connectivity index (χ0v) is 14.7. The van der Waals surface area contributed by atoms with Crippen LogP contribution in [0.2, 0.25) is 0 Å². The Kier molecular flexibility index (Phi) is 8.44. The van der Waals surface area contributed by atoms with Crippen LogP contribution in [0, 0.1) is 5.21 Å². The first-order chi connectivity index (χ1) is 12.2. The van der Waals surface area contributed by atoms with Crippen LogP contribution in [0.1, 0.15) is 17.2 Å². The number of carbonyl (C=O) groups is 2. The van der Waals surface area contributed by atoms with Crippen molar-refractivity contribution in [3.8, 4) is 0 Å². The van der Waals surface area contributed by atoms with Crippen LogP contribution in [-0.4, -0.2) is 54.0 Å². The molecule has 0 heterocycles. The number of ether oxygens (including phenoxy) is 1. The third kappa shape index (κ3) is 8.39. The summed E-state index contributed by atoms with van der Waals surface area (Å²) in [5.74, 6) is -3.65. The molecule has 2 aromatic carbocycles. The van der Waals surface area contributed by atoms with E-state index in [1.807, 2.05) is 36.4 Å². The lowest BCUT2D eigenvalue weighted by Gasteiger charge is -2.34. The molecule has 0 bridgehead atoms. The SMILES string of the molecule is C[N+](C)([O-])CCOC(c1ccccc1)c1ccccc1.O=C(O)C(=O)O. The summed E-state index contributed by atoms with van der Waals surface area (Å²) in [5, 5.41) is 26.4. The van der Waals surface area contributed by atoms with E-state index in [-0.39, 0.29) is 10.8 Å². The maximum absolute atomic E-state index is 11.6. The maximum Gasteiger partial charge on any atom is 0.414 e. The van der Waals surface area contributed by atoms with Crippen molar-refractivity contribution in [2.75, 3.05) is 27.2 Å². The van der Waals surface area contributed by atoms with Crippen LogP contribution >= 0.6 is 0 Å². The Bertz CT molecular complexity index is 631. The van der Waals surface area contributed by atoms with Gasteiger partial charge >= 0.3 is 11.9 Å². The van der Waals surface area contributed by atoms with Gasteiger partial charge in [0, 0.05) is 0 Å². The molecule has 2 rings (SSSR count). The van der Waals surface area contributed by atoms with Gasteiger partial charge in [0.1, 0.15) is 12.6 Å². The van der Waals surface area contributed by atoms with Gasteiger partial charge in [0.25, 0.3) is 0 Å². The standard InChI is InChI=1S/C17H21NO2.C2H2O4/c1-18(2,19)13-14-20-17(15-9-5-3-6-10-15)16-11-7-4-8-12-16;3-1(4)2(5)6/h3-12,17H,13-14H2,1-2H3;(H,3,4)(H,5,6). The zero-order chi connectivity index (χ0) is 19.6. The van der Waals surface area contributed by atoms with Gasteiger partial charge in [0.15, 0.2) is 0 Å². The first-order valence-corrected chi connectivity index (χ1v) is 7.92. The largest absolute Gasteiger partial charge is 0.633 e. The molecule has 0 saturated carbocycles. The first kappa shape index (κ1) is 21.3. The maximum atomic E-state index is 11.6. The zero-order valence-electron chi connectivity index (χ0n) is 14.7. The van der Waals surface area contributed by atoms with Crippen molar-refractivity contribution in [3.63, 3.8) is 0 Å². The highest BCUT2D eigenvalue weighted by Gasteiger charge is 2.15. The molecular weight excluding hydrogens is 338 g/mol. The predicted octanol–water partition coefficient (Wildman–Crippen LogP) is 2.52. The highest BCUT2D eigenvalue weighted by Crippen LogP contribution is 2.25. The van der Waals surface area contributed by atoms with Crippen molar-refractivity contribution >= 4 is 11.9 Å². The number of hydrogen-bond donors (Lipinski definition) is 2. The molecule has 0 amide bonds. The lowest BCUT2D eigenvalue weighted by Crippen LogP contribution is -2.35. The fraction of sp³-hybridized carbons (Fsp3) is 0.263. The Balaban J connectivity index is 0.000000487. The number of hydroxylamine groups is 3. The molecule has 0 aliphatic carbocycles. The summed E-state index contributed by atoms with van der Waals surface area (Å²) in [4.78, 5) is 18.2. The average Bonchev–Trinajstić information content (AvgIpc) is 2.60. The second kappa shape index (κ2) is 10.3. The van der Waals surface area contributed by atoms with Crippen LogP contribution in [0.3, 0.4) is 0 Å². The summed E-state index contributed by atoms with van der Waals surface area (Å²) >= 11 is 0. The van der Waals surface area contributed by atoms with E-state index < -0.39 is 11.9 Å². The van der Waals surface area contributed by atoms with E-state index in [1.165, 1.54) is 0 Å². The Morgan fingerprint density at radius 1 is 0.923 bits per heavy atom. The third-order valence-electron chi connectivity index (χ3n) is 3.30. The molecule has 0 aliphatic rings. The van der Waals surface area contributed by atoms with Crippen LogP contribution < -0.4 is 0 Å². The Labute approximate surface area is 152 Å². The molecule has 2 aromatic rings. The normalized spacial score (nSPS) is 10.8. The molecule has 0 aromatic heterocycles. The average molecular weight is 361 g/mol. The van der Waals surface area contributed by atoms with E-state index in [2.05, 4.69) is 24.3 Å². The summed E-state index contributed by atoms with van der Waals surface area (Å²) in [5.41, 5.74) is 2.21. The minimum Gasteiger partial charge on any atom is -0.633 e. The second-order valence-electron chi connectivity index (χ2n) is 5.98. The third-order valence-corrected chi connectivity index (χ3v) is 3.30. The monoisotopic (exact) mass is 361 g/mol. The second-order valence-corrected chi connectivity index (χ2v) is 5.98. The van der Waals surface area contributed by atoms with Crippen molar-refractivity contribution in [2.24, 2.45) is 0 Å². The number of likely N-dealkylation sites (N-methyl/N-ethyl adjacent to an activating group) is 1. The number of hydrogen-bond acceptors (Lipinski definition) is 4. The lowest BCUT2D eigenvalue weighted by atomic mass is 10.0. The number of rotatable bonds is 6. The first-order valence-electron chi connectivity index (χ1n) is 7.92. The number of nitrogens with zero attached hydrogens (tertiary/aromatic N) is 1. The molecule has 26 heavy (non-hydrogen) atoms. The van der Waals surface area contributed by atoms with Crippen LogP contribution in [0.5, 0.6) is 0 Å². The van der Waals surface area contributed by atoms with E-state index in [0.717, 1.165) is 11.1 Å². The van der Waals surface area contributed by atoms with Crippen LogP contribution in [0.25, 0.3) is 0 Å². The van der Waals surface area contributed by atoms with Gasteiger partial charge in [0.2, 0.25) is 0 Å². The van der Waals surface area contributed by atoms with Gasteiger partial charge in [-0.05, 0) is 11.1 Å². The summed E-state index contributed by atoms with van der Waals surface area (Å²) in [6.45, 7) is 0.876. The molecule has 0 saturated heterocycles. The fourth-order valence-corrected chi connectivity index (χ4v) is 2.03. The summed E-state index contributed by atoms with van der Waals surface area (Å²) in [6.07, 6.45) is -0.121. The van der Waals surface area contributed by atoms with Crippen molar-refractivity contribution < 1.29 is 29.2 Å². The predicted molar refractivity (Wildman–Crippen MR) is 96.3 cm³/mol. The molecule has 0 radical (unpaired) electrons. The molecule has 7 nitrogen and oxygen atoms in total. The molecule has 0 aliphatic heterocycles. The summed E-state index contributed by atoms with van der Waals surface area (Å²) in [7, 11) is 3.26. The minimum atomic E-state index is -1.82. The minimum absolute atomic E-state index is 0.121. The number of quaternary nitrogens is 1. The lowest BCUT2D eigenvalue weighted by molar-refractivity contribution is -0.840. The molecule has 7 heteroatoms. The van der Waals surface area contributed by atoms with Crippen LogP contribution in [0.4, 0.5) is 0 Å². The molecule has 2 N–H and O–H groups in total. The van der Waals surface area contributed by atoms with Gasteiger partial charge in [-0.25, -0.2) is 9.59 Å². The Morgan fingerprint density at radius 3 is 1.62 bits per heavy atom. The molecule has 140 valence electrons. The smallest absolute Gasteiger partial charge is 0.414 e. The molecule has 0 unspecified atom stereocenters. The Hall–Kier alpha value is -2.74. The fourth-order valence-electron chi connectivity index (χ4n) is 2.03. The van der Waals surface area contributed by atoms with E-state index in [9.17, 15) is 5.21 Å². The Morgan fingerprint density at radius 2 is 1.31 bits per heavy atom. The van der Waals surface area contributed by atoms with Gasteiger partial charge in [-0.2, -0.15) is 0 Å². The van der Waals surface area contributed by atoms with Gasteiger partial charge in [0.05, 0.1) is 20.7 Å². The molecule has 0 atom stereocenters. The quantitative estimate of drug-likeness (QED) is 0.465. The van der Waals surface area contributed by atoms with Gasteiger partial charge < -0.3 is 24.8 Å². The number of carboxylic acid groups (broad SMARTS) is 2. The molecule has 0 fully saturated rings. The van der Waals surface area contributed by atoms with Crippen molar-refractivity contribution in [1.29, 1.82) is 0 Å². The number of carboxylic acids is 2. The van der Waals surface area contributed by atoms with Gasteiger partial charge in [-0.15, -0.1) is 0 Å². The summed E-state index contributed by atoms with van der Waals surface area (Å²) in [6, 6.07) is 20.2. The van der Waals surface area contributed by atoms with Gasteiger partial charge in [-0.3, -0.25) is 0 Å². The van der Waals surface area contributed by atoms with E-state index >= 15 is 0 Å². The van der Waals surface area contributed by atoms with E-state index in [1.54, 1.807) is 14.1 Å². The number of aliphatic carboxylic acids is 2. The van der Waals surface area contributed by atoms with Crippen LogP contribution in [-0.2, 0) is 14.3 Å². The van der Waals surface area contributed by atoms with Crippen molar-refractivity contribution in [1.82, 2.24) is 0 Å². The van der Waals surface area contributed by atoms with E-state index in [4.69, 9.17) is 24.5 Å².